The van der Waals surface area contributed by atoms with Crippen LogP contribution in [0.4, 0.5) is 0 Å². The van der Waals surface area contributed by atoms with Crippen LogP contribution in [0.15, 0.2) is 0 Å². The molecule has 4 unspecified atom stereocenters. The highest BCUT2D eigenvalue weighted by Crippen LogP contribution is 2.24. The summed E-state index contributed by atoms with van der Waals surface area (Å²) in [7, 11) is 0. The second kappa shape index (κ2) is 8.28. The van der Waals surface area contributed by atoms with Crippen molar-refractivity contribution in [2.45, 2.75) is 56.4 Å². The molecule has 0 aliphatic carbocycles. The summed E-state index contributed by atoms with van der Waals surface area (Å²) in [4.78, 5) is 18.1. The number of ether oxygens (including phenoxy) is 2. The lowest BCUT2D eigenvalue weighted by Gasteiger charge is -2.26. The third-order valence-corrected chi connectivity index (χ3v) is 5.69. The fraction of sp³-hybridized carbons (Fsp3) is 0.941. The van der Waals surface area contributed by atoms with Crippen LogP contribution in [0.1, 0.15) is 32.1 Å². The highest BCUT2D eigenvalue weighted by molar-refractivity contribution is 5.82. The van der Waals surface area contributed by atoms with E-state index in [1.165, 1.54) is 0 Å². The lowest BCUT2D eigenvalue weighted by atomic mass is 10.0. The number of hydrogen-bond acceptors (Lipinski definition) is 7. The highest BCUT2D eigenvalue weighted by atomic mass is 16.7. The highest BCUT2D eigenvalue weighted by Gasteiger charge is 2.38. The summed E-state index contributed by atoms with van der Waals surface area (Å²) in [6.07, 6.45) is 5.17. The normalized spacial score (nSPS) is 37.6. The molecule has 4 atom stereocenters. The first-order valence-corrected chi connectivity index (χ1v) is 9.67. The fourth-order valence-corrected chi connectivity index (χ4v) is 4.19. The molecular weight excluding hydrogens is 324 g/mol. The van der Waals surface area contributed by atoms with Crippen LogP contribution in [0.5, 0.6) is 0 Å². The molecule has 3 N–H and O–H groups in total. The Hall–Kier alpha value is -0.770. The van der Waals surface area contributed by atoms with Gasteiger partial charge in [-0.1, -0.05) is 0 Å². The lowest BCUT2D eigenvalue weighted by molar-refractivity contribution is -0.125. The van der Waals surface area contributed by atoms with E-state index in [4.69, 9.17) is 14.3 Å². The molecule has 0 saturated carbocycles. The van der Waals surface area contributed by atoms with Gasteiger partial charge >= 0.3 is 0 Å². The average molecular weight is 354 g/mol. The zero-order valence-electron chi connectivity index (χ0n) is 14.7. The van der Waals surface area contributed by atoms with Crippen molar-refractivity contribution in [1.82, 2.24) is 21.2 Å². The monoisotopic (exact) mass is 354 g/mol. The number of nitrogens with zero attached hydrogens (tertiary/aromatic N) is 1. The second-order valence-corrected chi connectivity index (χ2v) is 7.64. The minimum absolute atomic E-state index is 0.00929. The molecule has 4 rings (SSSR count). The van der Waals surface area contributed by atoms with Gasteiger partial charge in [0.1, 0.15) is 12.1 Å². The van der Waals surface area contributed by atoms with Gasteiger partial charge in [-0.3, -0.25) is 15.1 Å². The van der Waals surface area contributed by atoms with Crippen LogP contribution in [0.2, 0.25) is 0 Å². The smallest absolute Gasteiger partial charge is 0.239 e. The molecule has 0 aromatic heterocycles. The molecule has 0 aromatic rings. The van der Waals surface area contributed by atoms with Crippen LogP contribution in [0.3, 0.4) is 0 Å². The largest absolute Gasteiger partial charge is 0.381 e. The molecule has 0 bridgehead atoms. The van der Waals surface area contributed by atoms with Crippen LogP contribution < -0.4 is 16.2 Å². The Morgan fingerprint density at radius 1 is 1.16 bits per heavy atom. The molecule has 4 saturated heterocycles. The van der Waals surface area contributed by atoms with Crippen molar-refractivity contribution in [2.75, 3.05) is 39.5 Å². The van der Waals surface area contributed by atoms with Gasteiger partial charge in [-0.2, -0.15) is 5.48 Å². The molecule has 4 fully saturated rings. The SMILES string of the molecule is O=C(NC1CNN(CC2CCOCC2)C1)C1CC(C2CCCO2)ON1. The summed E-state index contributed by atoms with van der Waals surface area (Å²) in [6.45, 7) is 5.22. The number of carbonyl (C=O) groups excluding carboxylic acids is 1. The van der Waals surface area contributed by atoms with E-state index in [1.54, 1.807) is 0 Å². The predicted molar refractivity (Wildman–Crippen MR) is 90.4 cm³/mol. The van der Waals surface area contributed by atoms with Crippen LogP contribution in [-0.2, 0) is 19.1 Å². The minimum Gasteiger partial charge on any atom is -0.381 e. The molecule has 8 nitrogen and oxygen atoms in total. The van der Waals surface area contributed by atoms with Gasteiger partial charge in [0.25, 0.3) is 0 Å². The fourth-order valence-electron chi connectivity index (χ4n) is 4.19. The summed E-state index contributed by atoms with van der Waals surface area (Å²) >= 11 is 0. The number of rotatable bonds is 5. The van der Waals surface area contributed by atoms with E-state index >= 15 is 0 Å². The topological polar surface area (TPSA) is 84.1 Å². The van der Waals surface area contributed by atoms with Gasteiger partial charge in [0.05, 0.1) is 12.1 Å². The van der Waals surface area contributed by atoms with Gasteiger partial charge in [-0.25, -0.2) is 5.01 Å². The molecule has 0 radical (unpaired) electrons. The second-order valence-electron chi connectivity index (χ2n) is 7.64. The molecule has 25 heavy (non-hydrogen) atoms. The Bertz CT molecular complexity index is 454. The van der Waals surface area contributed by atoms with Gasteiger partial charge in [0.15, 0.2) is 0 Å². The van der Waals surface area contributed by atoms with Crippen LogP contribution in [0.25, 0.3) is 0 Å². The Labute approximate surface area is 148 Å². The van der Waals surface area contributed by atoms with Crippen molar-refractivity contribution in [3.05, 3.63) is 0 Å². The van der Waals surface area contributed by atoms with Crippen LogP contribution in [0, 0.1) is 5.92 Å². The maximum atomic E-state index is 12.5. The van der Waals surface area contributed by atoms with Crippen molar-refractivity contribution in [1.29, 1.82) is 0 Å². The molecular formula is C17H30N4O4. The summed E-state index contributed by atoms with van der Waals surface area (Å²) in [6, 6.07) is -0.130. The molecule has 4 aliphatic rings. The number of carbonyl (C=O) groups is 1. The van der Waals surface area contributed by atoms with Gasteiger partial charge in [0, 0.05) is 45.9 Å². The van der Waals surface area contributed by atoms with E-state index in [9.17, 15) is 4.79 Å². The van der Waals surface area contributed by atoms with Crippen molar-refractivity contribution in [3.8, 4) is 0 Å². The zero-order valence-corrected chi connectivity index (χ0v) is 14.7. The Balaban J connectivity index is 1.18. The zero-order chi connectivity index (χ0) is 17.1. The van der Waals surface area contributed by atoms with E-state index in [2.05, 4.69) is 21.2 Å². The van der Waals surface area contributed by atoms with E-state index in [0.717, 1.165) is 65.1 Å². The number of hydrazine groups is 1. The third kappa shape index (κ3) is 4.50. The predicted octanol–water partition coefficient (Wildman–Crippen LogP) is -0.441. The maximum absolute atomic E-state index is 12.5. The molecule has 4 aliphatic heterocycles. The quantitative estimate of drug-likeness (QED) is 0.617. The van der Waals surface area contributed by atoms with E-state index in [1.807, 2.05) is 0 Å². The summed E-state index contributed by atoms with van der Waals surface area (Å²) in [5, 5.41) is 5.39. The lowest BCUT2D eigenvalue weighted by Crippen LogP contribution is -2.47. The molecule has 142 valence electrons. The van der Waals surface area contributed by atoms with Crippen molar-refractivity contribution < 1.29 is 19.1 Å². The first-order valence-electron chi connectivity index (χ1n) is 9.67. The van der Waals surface area contributed by atoms with Crippen molar-refractivity contribution in [3.63, 3.8) is 0 Å². The Morgan fingerprint density at radius 3 is 2.84 bits per heavy atom. The van der Waals surface area contributed by atoms with E-state index in [0.29, 0.717) is 12.3 Å². The number of nitrogens with one attached hydrogen (secondary N) is 3. The summed E-state index contributed by atoms with van der Waals surface area (Å²) in [5.74, 6) is 0.716. The number of hydrogen-bond donors (Lipinski definition) is 3. The van der Waals surface area contributed by atoms with Crippen molar-refractivity contribution in [2.24, 2.45) is 5.92 Å². The van der Waals surface area contributed by atoms with Gasteiger partial charge in [-0.15, -0.1) is 0 Å². The minimum atomic E-state index is -0.279. The Morgan fingerprint density at radius 2 is 2.04 bits per heavy atom. The Kier molecular flexibility index (Phi) is 5.84. The van der Waals surface area contributed by atoms with Gasteiger partial charge in [-0.05, 0) is 31.6 Å². The van der Waals surface area contributed by atoms with Gasteiger partial charge < -0.3 is 14.8 Å². The third-order valence-electron chi connectivity index (χ3n) is 5.69. The van der Waals surface area contributed by atoms with Crippen LogP contribution in [-0.4, -0.2) is 74.7 Å². The van der Waals surface area contributed by atoms with Gasteiger partial charge in [0.2, 0.25) is 5.91 Å². The maximum Gasteiger partial charge on any atom is 0.239 e. The van der Waals surface area contributed by atoms with Crippen LogP contribution >= 0.6 is 0 Å². The number of amides is 1. The molecule has 8 heteroatoms. The summed E-state index contributed by atoms with van der Waals surface area (Å²) in [5.41, 5.74) is 6.30. The van der Waals surface area contributed by atoms with E-state index < -0.39 is 0 Å². The average Bonchev–Trinajstić information content (AvgIpc) is 3.37. The first-order chi connectivity index (χ1) is 12.3. The first kappa shape index (κ1) is 17.6. The molecule has 0 aromatic carbocycles. The van der Waals surface area contributed by atoms with E-state index in [-0.39, 0.29) is 30.2 Å². The molecule has 4 heterocycles. The number of hydroxylamine groups is 1. The standard InChI is InChI=1S/C17H30N4O4/c22-17(14-8-16(25-20-14)15-2-1-5-24-15)19-13-9-18-21(11-13)10-12-3-6-23-7-4-12/h12-16,18,20H,1-11H2,(H,19,22). The molecule has 0 spiro atoms. The van der Waals surface area contributed by atoms with Crippen molar-refractivity contribution >= 4 is 5.91 Å². The summed E-state index contributed by atoms with van der Waals surface area (Å²) < 4.78 is 11.1. The molecule has 1 amide bonds.